The number of rotatable bonds is 10. The summed E-state index contributed by atoms with van der Waals surface area (Å²) in [5.74, 6) is -0.537. The van der Waals surface area contributed by atoms with Crippen LogP contribution < -0.4 is 16.4 Å². The van der Waals surface area contributed by atoms with Crippen molar-refractivity contribution in [2.24, 2.45) is 5.92 Å². The molecule has 0 aliphatic carbocycles. The second-order valence-electron chi connectivity index (χ2n) is 8.82. The van der Waals surface area contributed by atoms with Crippen molar-refractivity contribution in [1.82, 2.24) is 0 Å². The summed E-state index contributed by atoms with van der Waals surface area (Å²) in [6.07, 6.45) is 2.87. The van der Waals surface area contributed by atoms with E-state index in [1.165, 1.54) is 13.0 Å². The van der Waals surface area contributed by atoms with Gasteiger partial charge in [0.15, 0.2) is 5.78 Å². The predicted molar refractivity (Wildman–Crippen MR) is 157 cm³/mol. The lowest BCUT2D eigenvalue weighted by molar-refractivity contribution is -0.111. The zero-order valence-electron chi connectivity index (χ0n) is 21.1. The van der Waals surface area contributed by atoms with Crippen LogP contribution in [-0.4, -0.2) is 22.9 Å². The van der Waals surface area contributed by atoms with E-state index in [-0.39, 0.29) is 23.4 Å². The summed E-state index contributed by atoms with van der Waals surface area (Å²) in [4.78, 5) is 36.5. The first kappa shape index (κ1) is 28.7. The lowest BCUT2D eigenvalue weighted by Crippen LogP contribution is -2.22. The number of hydrogen-bond acceptors (Lipinski definition) is 6. The van der Waals surface area contributed by atoms with Gasteiger partial charge in [0.2, 0.25) is 5.91 Å². The topological polar surface area (TPSA) is 131 Å². The molecule has 0 aliphatic rings. The number of carbonyl (C=O) groups excluding carboxylic acids is 3. The Morgan fingerprint density at radius 2 is 1.76 bits per heavy atom. The highest BCUT2D eigenvalue weighted by molar-refractivity contribution is 14.1. The number of phenols is 1. The summed E-state index contributed by atoms with van der Waals surface area (Å²) < 4.78 is 6.67. The van der Waals surface area contributed by atoms with Crippen LogP contribution in [0.3, 0.4) is 0 Å². The van der Waals surface area contributed by atoms with Crippen molar-refractivity contribution in [3.8, 4) is 5.75 Å². The number of halogens is 1. The fourth-order valence-corrected chi connectivity index (χ4v) is 4.29. The number of Topliss-reactive ketones (excluding diaryl/α,β-unsaturated/α-hetero) is 1. The summed E-state index contributed by atoms with van der Waals surface area (Å²) in [5, 5.41) is 15.9. The maximum Gasteiger partial charge on any atom is 0.412 e. The van der Waals surface area contributed by atoms with Crippen molar-refractivity contribution in [1.29, 1.82) is 0 Å². The van der Waals surface area contributed by atoms with Gasteiger partial charge in [0.05, 0.1) is 11.4 Å². The molecule has 0 fully saturated rings. The molecular formula is C29H30IN3O5. The molecule has 0 saturated carbocycles. The van der Waals surface area contributed by atoms with Crippen molar-refractivity contribution in [3.63, 3.8) is 0 Å². The molecule has 0 radical (unpaired) electrons. The number of para-hydroxylation sites is 2. The molecular weight excluding hydrogens is 597 g/mol. The van der Waals surface area contributed by atoms with Gasteiger partial charge in [0.1, 0.15) is 11.9 Å². The van der Waals surface area contributed by atoms with Gasteiger partial charge in [-0.15, -0.1) is 0 Å². The van der Waals surface area contributed by atoms with E-state index in [0.29, 0.717) is 41.0 Å². The molecule has 38 heavy (non-hydrogen) atoms. The molecule has 3 aromatic rings. The first-order valence-electron chi connectivity index (χ1n) is 12.0. The van der Waals surface area contributed by atoms with Crippen LogP contribution in [0.5, 0.6) is 5.75 Å². The molecule has 0 unspecified atom stereocenters. The number of nitrogen functional groups attached to an aromatic ring is 1. The normalized spacial score (nSPS) is 12.5. The molecule has 0 heterocycles. The second kappa shape index (κ2) is 13.6. The number of hydrogen-bond donors (Lipinski definition) is 4. The fraction of sp³-hybridized carbons (Fsp3) is 0.207. The molecule has 0 saturated heterocycles. The van der Waals surface area contributed by atoms with Gasteiger partial charge in [-0.05, 0) is 109 Å². The molecule has 3 aromatic carbocycles. The smallest absolute Gasteiger partial charge is 0.412 e. The van der Waals surface area contributed by atoms with E-state index in [1.54, 1.807) is 72.8 Å². The van der Waals surface area contributed by atoms with Gasteiger partial charge in [0, 0.05) is 20.4 Å². The lowest BCUT2D eigenvalue weighted by atomic mass is 9.92. The molecule has 5 N–H and O–H groups in total. The summed E-state index contributed by atoms with van der Waals surface area (Å²) in [6.45, 7) is 3.38. The van der Waals surface area contributed by atoms with Crippen LogP contribution in [-0.2, 0) is 9.53 Å². The van der Waals surface area contributed by atoms with Gasteiger partial charge >= 0.3 is 6.09 Å². The summed E-state index contributed by atoms with van der Waals surface area (Å²) in [6, 6.07) is 18.6. The van der Waals surface area contributed by atoms with Crippen LogP contribution in [0.25, 0.3) is 0 Å². The third-order valence-electron chi connectivity index (χ3n) is 5.86. The van der Waals surface area contributed by atoms with Crippen LogP contribution in [0.15, 0.2) is 78.9 Å². The lowest BCUT2D eigenvalue weighted by Gasteiger charge is -2.25. The Hall–Kier alpha value is -3.86. The predicted octanol–water partition coefficient (Wildman–Crippen LogP) is 6.68. The zero-order chi connectivity index (χ0) is 27.7. The average Bonchev–Trinajstić information content (AvgIpc) is 2.88. The molecule has 9 heteroatoms. The summed E-state index contributed by atoms with van der Waals surface area (Å²) in [7, 11) is 0. The molecule has 0 aromatic heterocycles. The van der Waals surface area contributed by atoms with Crippen molar-refractivity contribution in [3.05, 3.63) is 93.6 Å². The largest absolute Gasteiger partial charge is 0.508 e. The minimum atomic E-state index is -0.743. The minimum absolute atomic E-state index is 0.0243. The molecule has 198 valence electrons. The van der Waals surface area contributed by atoms with E-state index in [1.807, 2.05) is 6.92 Å². The van der Waals surface area contributed by atoms with E-state index in [4.69, 9.17) is 10.5 Å². The van der Waals surface area contributed by atoms with E-state index in [9.17, 15) is 19.5 Å². The number of anilines is 3. The number of ether oxygens (including phenoxy) is 1. The highest BCUT2D eigenvalue weighted by atomic mass is 127. The van der Waals surface area contributed by atoms with Gasteiger partial charge in [-0.1, -0.05) is 25.1 Å². The average molecular weight is 627 g/mol. The van der Waals surface area contributed by atoms with Gasteiger partial charge in [-0.3, -0.25) is 14.9 Å². The maximum absolute atomic E-state index is 12.8. The SMILES string of the molecule is CC(=O)c1ccc(NC(=O)O[C@@H](c2cc(I)ccc2O)[C@H](C)CC/C=C/C(=O)Nc2ccccc2N)cc1. The minimum Gasteiger partial charge on any atom is -0.508 e. The Balaban J connectivity index is 1.66. The van der Waals surface area contributed by atoms with Gasteiger partial charge in [-0.2, -0.15) is 0 Å². The zero-order valence-corrected chi connectivity index (χ0v) is 23.3. The molecule has 0 aliphatic heterocycles. The molecule has 8 nitrogen and oxygen atoms in total. The number of nitrogens with one attached hydrogen (secondary N) is 2. The Bertz CT molecular complexity index is 1320. The van der Waals surface area contributed by atoms with E-state index >= 15 is 0 Å². The van der Waals surface area contributed by atoms with Crippen LogP contribution >= 0.6 is 22.6 Å². The number of ketones is 1. The van der Waals surface area contributed by atoms with Crippen molar-refractivity contribution < 1.29 is 24.2 Å². The Kier molecular flexibility index (Phi) is 10.3. The first-order chi connectivity index (χ1) is 18.1. The number of benzene rings is 3. The summed E-state index contributed by atoms with van der Waals surface area (Å²) in [5.41, 5.74) is 8.39. The number of allylic oxidation sites excluding steroid dienone is 1. The Morgan fingerprint density at radius 1 is 1.05 bits per heavy atom. The van der Waals surface area contributed by atoms with E-state index in [0.717, 1.165) is 3.57 Å². The monoisotopic (exact) mass is 627 g/mol. The highest BCUT2D eigenvalue weighted by Gasteiger charge is 2.26. The molecule has 0 bridgehead atoms. The quantitative estimate of drug-likeness (QED) is 0.0859. The number of nitrogens with two attached hydrogens (primary N) is 1. The maximum atomic E-state index is 12.8. The van der Waals surface area contributed by atoms with Crippen molar-refractivity contribution >= 4 is 57.4 Å². The third kappa shape index (κ3) is 8.34. The van der Waals surface area contributed by atoms with E-state index < -0.39 is 12.2 Å². The summed E-state index contributed by atoms with van der Waals surface area (Å²) >= 11 is 2.13. The van der Waals surface area contributed by atoms with Crippen LogP contribution in [0.4, 0.5) is 21.9 Å². The Morgan fingerprint density at radius 3 is 2.45 bits per heavy atom. The number of amides is 2. The van der Waals surface area contributed by atoms with Gasteiger partial charge < -0.3 is 20.9 Å². The Labute approximate surface area is 235 Å². The third-order valence-corrected chi connectivity index (χ3v) is 6.53. The van der Waals surface area contributed by atoms with Gasteiger partial charge in [0.25, 0.3) is 0 Å². The standard InChI is InChI=1S/C29H30IN3O5/c1-18(7-3-6-10-27(36)33-25-9-5-4-8-24(25)31)28(23-17-21(30)13-16-26(23)35)38-29(37)32-22-14-11-20(12-15-22)19(2)34/h4-6,8-18,28,35H,3,7,31H2,1-2H3,(H,32,37)(H,33,36)/b10-6+/t18-,28-/m1/s1. The highest BCUT2D eigenvalue weighted by Crippen LogP contribution is 2.36. The van der Waals surface area contributed by atoms with Crippen LogP contribution in [0.1, 0.15) is 48.7 Å². The van der Waals surface area contributed by atoms with Crippen LogP contribution in [0, 0.1) is 9.49 Å². The number of phenolic OH excluding ortho intramolecular Hbond substituents is 1. The van der Waals surface area contributed by atoms with Crippen molar-refractivity contribution in [2.45, 2.75) is 32.8 Å². The molecule has 3 rings (SSSR count). The second-order valence-corrected chi connectivity index (χ2v) is 10.1. The molecule has 2 atom stereocenters. The van der Waals surface area contributed by atoms with Crippen molar-refractivity contribution in [2.75, 3.05) is 16.4 Å². The fourth-order valence-electron chi connectivity index (χ4n) is 3.78. The first-order valence-corrected chi connectivity index (χ1v) is 13.1. The van der Waals surface area contributed by atoms with Gasteiger partial charge in [-0.25, -0.2) is 4.79 Å². The van der Waals surface area contributed by atoms with E-state index in [2.05, 4.69) is 33.2 Å². The number of carbonyl (C=O) groups is 3. The molecule has 2 amide bonds. The number of aromatic hydroxyl groups is 1. The van der Waals surface area contributed by atoms with Crippen LogP contribution in [0.2, 0.25) is 0 Å². The molecule has 0 spiro atoms.